The predicted octanol–water partition coefficient (Wildman–Crippen LogP) is 2.02. The third-order valence-electron chi connectivity index (χ3n) is 4.42. The molecule has 0 unspecified atom stereocenters. The monoisotopic (exact) mass is 368 g/mol. The Kier molecular flexibility index (Phi) is 7.87. The SMILES string of the molecule is CCOCCCNC(=O)CC1CCN(S(=O)(=O)c2ccccc2)CC1. The standard InChI is InChI=1S/C18H28N2O4S/c1-2-24-14-6-11-19-18(21)15-16-9-12-20(13-10-16)25(22,23)17-7-4-3-5-8-17/h3-5,7-8,16H,2,6,9-15H2,1H3,(H,19,21). The molecule has 0 bridgehead atoms. The molecule has 1 aliphatic rings. The molecule has 1 N–H and O–H groups in total. The number of rotatable bonds is 9. The molecule has 1 heterocycles. The summed E-state index contributed by atoms with van der Waals surface area (Å²) in [6, 6.07) is 8.51. The molecule has 1 saturated heterocycles. The maximum Gasteiger partial charge on any atom is 0.243 e. The quantitative estimate of drug-likeness (QED) is 0.677. The van der Waals surface area contributed by atoms with Crippen molar-refractivity contribution >= 4 is 15.9 Å². The van der Waals surface area contributed by atoms with Crippen LogP contribution in [-0.4, -0.2) is 51.5 Å². The number of amides is 1. The van der Waals surface area contributed by atoms with Gasteiger partial charge in [0.15, 0.2) is 0 Å². The Balaban J connectivity index is 1.73. The number of nitrogens with zero attached hydrogens (tertiary/aromatic N) is 1. The Hall–Kier alpha value is -1.44. The first kappa shape index (κ1) is 19.9. The largest absolute Gasteiger partial charge is 0.382 e. The van der Waals surface area contributed by atoms with E-state index in [1.165, 1.54) is 4.31 Å². The molecule has 2 rings (SSSR count). The minimum Gasteiger partial charge on any atom is -0.382 e. The van der Waals surface area contributed by atoms with Crippen molar-refractivity contribution in [3.8, 4) is 0 Å². The second-order valence-corrected chi connectivity index (χ2v) is 8.20. The summed E-state index contributed by atoms with van der Waals surface area (Å²) in [6.07, 6.45) is 2.72. The summed E-state index contributed by atoms with van der Waals surface area (Å²) in [5.41, 5.74) is 0. The van der Waals surface area contributed by atoms with Crippen LogP contribution in [0.25, 0.3) is 0 Å². The Bertz CT molecular complexity index is 626. The molecule has 25 heavy (non-hydrogen) atoms. The summed E-state index contributed by atoms with van der Waals surface area (Å²) >= 11 is 0. The number of sulfonamides is 1. The molecule has 1 aromatic rings. The van der Waals surface area contributed by atoms with E-state index < -0.39 is 10.0 Å². The molecule has 0 aromatic heterocycles. The first-order valence-electron chi connectivity index (χ1n) is 8.93. The third kappa shape index (κ3) is 6.09. The van der Waals surface area contributed by atoms with Gasteiger partial charge in [0.2, 0.25) is 15.9 Å². The molecule has 1 amide bonds. The van der Waals surface area contributed by atoms with E-state index in [4.69, 9.17) is 4.74 Å². The van der Waals surface area contributed by atoms with Crippen molar-refractivity contribution in [1.82, 2.24) is 9.62 Å². The van der Waals surface area contributed by atoms with Crippen molar-refractivity contribution in [2.45, 2.75) is 37.5 Å². The number of hydrogen-bond acceptors (Lipinski definition) is 4. The van der Waals surface area contributed by atoms with Crippen LogP contribution < -0.4 is 5.32 Å². The molecule has 0 spiro atoms. The highest BCUT2D eigenvalue weighted by molar-refractivity contribution is 7.89. The maximum absolute atomic E-state index is 12.6. The van der Waals surface area contributed by atoms with Crippen LogP contribution in [0.3, 0.4) is 0 Å². The fraction of sp³-hybridized carbons (Fsp3) is 0.611. The summed E-state index contributed by atoms with van der Waals surface area (Å²) in [4.78, 5) is 12.3. The first-order chi connectivity index (χ1) is 12.0. The molecular formula is C18H28N2O4S. The van der Waals surface area contributed by atoms with E-state index in [9.17, 15) is 13.2 Å². The van der Waals surface area contributed by atoms with Crippen LogP contribution in [-0.2, 0) is 19.6 Å². The lowest BCUT2D eigenvalue weighted by Crippen LogP contribution is -2.39. The van der Waals surface area contributed by atoms with Crippen molar-refractivity contribution in [1.29, 1.82) is 0 Å². The zero-order valence-corrected chi connectivity index (χ0v) is 15.6. The number of piperidine rings is 1. The van der Waals surface area contributed by atoms with Gasteiger partial charge in [-0.3, -0.25) is 4.79 Å². The molecule has 0 radical (unpaired) electrons. The van der Waals surface area contributed by atoms with Crippen molar-refractivity contribution in [2.24, 2.45) is 5.92 Å². The van der Waals surface area contributed by atoms with Gasteiger partial charge in [-0.25, -0.2) is 8.42 Å². The normalized spacial score (nSPS) is 16.7. The van der Waals surface area contributed by atoms with Gasteiger partial charge in [-0.2, -0.15) is 4.31 Å². The van der Waals surface area contributed by atoms with E-state index in [1.807, 2.05) is 6.92 Å². The number of carbonyl (C=O) groups is 1. The van der Waals surface area contributed by atoms with Gasteiger partial charge < -0.3 is 10.1 Å². The maximum atomic E-state index is 12.6. The molecule has 6 nitrogen and oxygen atoms in total. The van der Waals surface area contributed by atoms with Gasteiger partial charge in [0.25, 0.3) is 0 Å². The molecule has 0 saturated carbocycles. The zero-order chi connectivity index (χ0) is 18.1. The van der Waals surface area contributed by atoms with Crippen LogP contribution in [0.1, 0.15) is 32.6 Å². The molecule has 0 aliphatic carbocycles. The van der Waals surface area contributed by atoms with Crippen LogP contribution >= 0.6 is 0 Å². The third-order valence-corrected chi connectivity index (χ3v) is 6.33. The molecule has 1 fully saturated rings. The lowest BCUT2D eigenvalue weighted by molar-refractivity contribution is -0.122. The average Bonchev–Trinajstić information content (AvgIpc) is 2.63. The van der Waals surface area contributed by atoms with Gasteiger partial charge in [-0.05, 0) is 44.2 Å². The summed E-state index contributed by atoms with van der Waals surface area (Å²) < 4.78 is 31.9. The average molecular weight is 368 g/mol. The Morgan fingerprint density at radius 2 is 1.92 bits per heavy atom. The number of hydrogen-bond donors (Lipinski definition) is 1. The van der Waals surface area contributed by atoms with Gasteiger partial charge in [0, 0.05) is 39.3 Å². The molecule has 1 aromatic carbocycles. The van der Waals surface area contributed by atoms with E-state index in [1.54, 1.807) is 30.3 Å². The fourth-order valence-corrected chi connectivity index (χ4v) is 4.47. The van der Waals surface area contributed by atoms with E-state index in [2.05, 4.69) is 5.32 Å². The first-order valence-corrected chi connectivity index (χ1v) is 10.4. The van der Waals surface area contributed by atoms with Crippen LogP contribution in [0, 0.1) is 5.92 Å². The number of ether oxygens (including phenoxy) is 1. The highest BCUT2D eigenvalue weighted by Gasteiger charge is 2.29. The van der Waals surface area contributed by atoms with E-state index in [-0.39, 0.29) is 11.8 Å². The van der Waals surface area contributed by atoms with Crippen molar-refractivity contribution in [3.63, 3.8) is 0 Å². The summed E-state index contributed by atoms with van der Waals surface area (Å²) in [5, 5.41) is 2.91. The predicted molar refractivity (Wildman–Crippen MR) is 96.7 cm³/mol. The van der Waals surface area contributed by atoms with Gasteiger partial charge in [0.05, 0.1) is 4.90 Å². The lowest BCUT2D eigenvalue weighted by Gasteiger charge is -2.31. The van der Waals surface area contributed by atoms with Crippen molar-refractivity contribution in [2.75, 3.05) is 32.8 Å². The molecular weight excluding hydrogens is 340 g/mol. The minimum atomic E-state index is -3.42. The van der Waals surface area contributed by atoms with Gasteiger partial charge in [0.1, 0.15) is 0 Å². The van der Waals surface area contributed by atoms with E-state index in [0.717, 1.165) is 19.3 Å². The minimum absolute atomic E-state index is 0.0425. The molecule has 140 valence electrons. The molecule has 7 heteroatoms. The summed E-state index contributed by atoms with van der Waals surface area (Å²) in [6.45, 7) is 4.87. The second-order valence-electron chi connectivity index (χ2n) is 6.27. The van der Waals surface area contributed by atoms with E-state index in [0.29, 0.717) is 44.2 Å². The van der Waals surface area contributed by atoms with Gasteiger partial charge in [-0.15, -0.1) is 0 Å². The topological polar surface area (TPSA) is 75.7 Å². The molecule has 1 aliphatic heterocycles. The van der Waals surface area contributed by atoms with Gasteiger partial charge >= 0.3 is 0 Å². The Morgan fingerprint density at radius 1 is 1.24 bits per heavy atom. The Morgan fingerprint density at radius 3 is 2.56 bits per heavy atom. The zero-order valence-electron chi connectivity index (χ0n) is 14.8. The summed E-state index contributed by atoms with van der Waals surface area (Å²) in [5.74, 6) is 0.287. The summed E-state index contributed by atoms with van der Waals surface area (Å²) in [7, 11) is -3.42. The Labute approximate surface area is 150 Å². The van der Waals surface area contributed by atoms with Crippen molar-refractivity contribution in [3.05, 3.63) is 30.3 Å². The van der Waals surface area contributed by atoms with Crippen LogP contribution in [0.2, 0.25) is 0 Å². The number of nitrogens with one attached hydrogen (secondary N) is 1. The van der Waals surface area contributed by atoms with Crippen LogP contribution in [0.15, 0.2) is 35.2 Å². The molecule has 0 atom stereocenters. The van der Waals surface area contributed by atoms with Gasteiger partial charge in [-0.1, -0.05) is 18.2 Å². The number of carbonyl (C=O) groups excluding carboxylic acids is 1. The second kappa shape index (κ2) is 9.89. The number of benzene rings is 1. The fourth-order valence-electron chi connectivity index (χ4n) is 2.98. The lowest BCUT2D eigenvalue weighted by atomic mass is 9.94. The smallest absolute Gasteiger partial charge is 0.243 e. The van der Waals surface area contributed by atoms with E-state index >= 15 is 0 Å². The van der Waals surface area contributed by atoms with Crippen molar-refractivity contribution < 1.29 is 17.9 Å². The highest BCUT2D eigenvalue weighted by atomic mass is 32.2. The van der Waals surface area contributed by atoms with Crippen LogP contribution in [0.4, 0.5) is 0 Å². The van der Waals surface area contributed by atoms with Crippen LogP contribution in [0.5, 0.6) is 0 Å². The highest BCUT2D eigenvalue weighted by Crippen LogP contribution is 2.25.